The number of aromatic nitrogens is 3. The van der Waals surface area contributed by atoms with E-state index in [0.717, 1.165) is 28.0 Å². The topological polar surface area (TPSA) is 117 Å². The molecule has 0 saturated carbocycles. The second-order valence-electron chi connectivity index (χ2n) is 10.4. The molecule has 10 nitrogen and oxygen atoms in total. The molecule has 206 valence electrons. The van der Waals surface area contributed by atoms with Crippen molar-refractivity contribution >= 4 is 17.0 Å². The van der Waals surface area contributed by atoms with Crippen molar-refractivity contribution in [1.82, 2.24) is 19.4 Å². The van der Waals surface area contributed by atoms with Gasteiger partial charge >= 0.3 is 5.97 Å². The van der Waals surface area contributed by atoms with Gasteiger partial charge < -0.3 is 28.5 Å². The van der Waals surface area contributed by atoms with Crippen molar-refractivity contribution in [3.8, 4) is 11.4 Å². The van der Waals surface area contributed by atoms with Crippen molar-refractivity contribution in [3.63, 3.8) is 0 Å². The van der Waals surface area contributed by atoms with E-state index in [1.807, 2.05) is 38.1 Å². The van der Waals surface area contributed by atoms with E-state index in [-0.39, 0.29) is 17.6 Å². The minimum atomic E-state index is -0.908. The van der Waals surface area contributed by atoms with Crippen molar-refractivity contribution in [2.75, 3.05) is 26.4 Å². The number of imidazole rings is 1. The van der Waals surface area contributed by atoms with Gasteiger partial charge in [0.05, 0.1) is 56.2 Å². The van der Waals surface area contributed by atoms with E-state index in [0.29, 0.717) is 45.1 Å². The maximum atomic E-state index is 12.5. The van der Waals surface area contributed by atoms with Gasteiger partial charge in [0.15, 0.2) is 0 Å². The predicted molar refractivity (Wildman–Crippen MR) is 144 cm³/mol. The number of ether oxygens (including phenoxy) is 3. The van der Waals surface area contributed by atoms with Gasteiger partial charge in [0.1, 0.15) is 11.9 Å². The summed E-state index contributed by atoms with van der Waals surface area (Å²) in [5.74, 6) is 0.472. The van der Waals surface area contributed by atoms with Gasteiger partial charge in [-0.25, -0.2) is 4.98 Å². The average molecular weight is 527 g/mol. The van der Waals surface area contributed by atoms with Gasteiger partial charge in [-0.3, -0.25) is 14.9 Å². The molecule has 3 heterocycles. The molecule has 0 amide bonds. The molecule has 1 aliphatic rings. The number of carbonyl (C=O) groups is 1. The lowest BCUT2D eigenvalue weighted by Crippen LogP contribution is -2.45. The number of rotatable bonds is 10. The Labute approximate surface area is 222 Å². The van der Waals surface area contributed by atoms with E-state index in [1.165, 1.54) is 0 Å². The van der Waals surface area contributed by atoms with Gasteiger partial charge in [0.2, 0.25) is 0 Å². The number of carbonyl (C=O) groups excluding carboxylic acids is 1. The van der Waals surface area contributed by atoms with Crippen molar-refractivity contribution in [1.29, 1.82) is 0 Å². The maximum absolute atomic E-state index is 12.5. The molecule has 3 atom stereocenters. The summed E-state index contributed by atoms with van der Waals surface area (Å²) in [4.78, 5) is 29.7. The zero-order valence-corrected chi connectivity index (χ0v) is 22.8. The standard InChI is InChI=1S/C28H38N4O6/c1-17(2)15-38-28(35)25(19(4)33)29-12-20-6-7-24-23(11-20)30-26(21-10-18(3)27(34)31(5)13-21)32(24)14-22-16-36-8-9-37-22/h6-7,10-11,13,17,19,22,25,29,33H,8-9,12,14-16H2,1-5H3/t19-,22?,25+/m1/s1. The molecular formula is C28H38N4O6. The normalized spacial score (nSPS) is 17.6. The zero-order valence-electron chi connectivity index (χ0n) is 22.8. The second-order valence-corrected chi connectivity index (χ2v) is 10.4. The summed E-state index contributed by atoms with van der Waals surface area (Å²) in [5.41, 5.74) is 4.03. The molecule has 1 fully saturated rings. The van der Waals surface area contributed by atoms with Crippen LogP contribution in [0.5, 0.6) is 0 Å². The Balaban J connectivity index is 1.64. The highest BCUT2D eigenvalue weighted by molar-refractivity contribution is 5.81. The molecule has 4 rings (SSSR count). The third kappa shape index (κ3) is 6.50. The van der Waals surface area contributed by atoms with Crippen molar-refractivity contribution in [3.05, 3.63) is 51.9 Å². The van der Waals surface area contributed by atoms with Crippen LogP contribution in [0.15, 0.2) is 35.3 Å². The van der Waals surface area contributed by atoms with Crippen LogP contribution in [0.4, 0.5) is 0 Å². The minimum Gasteiger partial charge on any atom is -0.464 e. The van der Waals surface area contributed by atoms with Crippen LogP contribution in [-0.2, 0) is 39.1 Å². The first kappa shape index (κ1) is 28.0. The van der Waals surface area contributed by atoms with Gasteiger partial charge in [0, 0.05) is 30.9 Å². The molecule has 0 spiro atoms. The van der Waals surface area contributed by atoms with Crippen LogP contribution in [0.3, 0.4) is 0 Å². The Bertz CT molecular complexity index is 1300. The fraction of sp³-hybridized carbons (Fsp3) is 0.536. The number of nitrogens with one attached hydrogen (secondary N) is 1. The van der Waals surface area contributed by atoms with Crippen LogP contribution in [0.25, 0.3) is 22.4 Å². The van der Waals surface area contributed by atoms with Crippen LogP contribution in [0.1, 0.15) is 31.9 Å². The van der Waals surface area contributed by atoms with Crippen LogP contribution in [0.2, 0.25) is 0 Å². The van der Waals surface area contributed by atoms with E-state index >= 15 is 0 Å². The first-order valence-corrected chi connectivity index (χ1v) is 13.1. The van der Waals surface area contributed by atoms with Gasteiger partial charge in [-0.2, -0.15) is 0 Å². The predicted octanol–water partition coefficient (Wildman–Crippen LogP) is 2.16. The number of esters is 1. The van der Waals surface area contributed by atoms with Crippen molar-refractivity contribution in [2.24, 2.45) is 13.0 Å². The number of benzene rings is 1. The van der Waals surface area contributed by atoms with E-state index < -0.39 is 18.1 Å². The molecule has 2 aromatic heterocycles. The number of fused-ring (bicyclic) bond motifs is 1. The molecule has 0 aliphatic carbocycles. The Morgan fingerprint density at radius 3 is 2.71 bits per heavy atom. The summed E-state index contributed by atoms with van der Waals surface area (Å²) in [5, 5.41) is 13.3. The van der Waals surface area contributed by atoms with Crippen molar-refractivity contribution < 1.29 is 24.1 Å². The van der Waals surface area contributed by atoms with Gasteiger partial charge in [-0.15, -0.1) is 0 Å². The third-order valence-electron chi connectivity index (χ3n) is 6.53. The molecule has 1 aromatic carbocycles. The largest absolute Gasteiger partial charge is 0.464 e. The minimum absolute atomic E-state index is 0.0478. The molecule has 1 unspecified atom stereocenters. The first-order chi connectivity index (χ1) is 18.1. The van der Waals surface area contributed by atoms with Crippen LogP contribution < -0.4 is 10.9 Å². The molecule has 1 saturated heterocycles. The summed E-state index contributed by atoms with van der Waals surface area (Å²) in [6, 6.07) is 6.95. The number of hydrogen-bond acceptors (Lipinski definition) is 8. The Kier molecular flexibility index (Phi) is 8.99. The fourth-order valence-electron chi connectivity index (χ4n) is 4.55. The second kappa shape index (κ2) is 12.2. The van der Waals surface area contributed by atoms with E-state index in [2.05, 4.69) is 9.88 Å². The first-order valence-electron chi connectivity index (χ1n) is 13.1. The number of pyridine rings is 1. The number of aliphatic hydroxyl groups excluding tert-OH is 1. The maximum Gasteiger partial charge on any atom is 0.325 e. The molecule has 10 heteroatoms. The lowest BCUT2D eigenvalue weighted by Gasteiger charge is -2.24. The number of aliphatic hydroxyl groups is 1. The summed E-state index contributed by atoms with van der Waals surface area (Å²) < 4.78 is 20.5. The van der Waals surface area contributed by atoms with Crippen LogP contribution in [-0.4, -0.2) is 69.9 Å². The quantitative estimate of drug-likeness (QED) is 0.386. The smallest absolute Gasteiger partial charge is 0.325 e. The van der Waals surface area contributed by atoms with Gasteiger partial charge in [-0.1, -0.05) is 19.9 Å². The SMILES string of the molecule is Cc1cc(-c2nc3cc(CN[C@H](C(=O)OCC(C)C)[C@@H](C)O)ccc3n2CC2COCCO2)cn(C)c1=O. The molecule has 38 heavy (non-hydrogen) atoms. The molecule has 1 aliphatic heterocycles. The van der Waals surface area contributed by atoms with Crippen molar-refractivity contribution in [2.45, 2.75) is 59.0 Å². The molecule has 0 bridgehead atoms. The fourth-order valence-corrected chi connectivity index (χ4v) is 4.55. The lowest BCUT2D eigenvalue weighted by molar-refractivity contribution is -0.150. The van der Waals surface area contributed by atoms with Gasteiger partial charge in [0.25, 0.3) is 5.56 Å². The zero-order chi connectivity index (χ0) is 27.4. The lowest BCUT2D eigenvalue weighted by atomic mass is 10.1. The molecule has 0 radical (unpaired) electrons. The number of nitrogens with zero attached hydrogens (tertiary/aromatic N) is 3. The van der Waals surface area contributed by atoms with E-state index in [9.17, 15) is 14.7 Å². The monoisotopic (exact) mass is 526 g/mol. The van der Waals surface area contributed by atoms with E-state index in [4.69, 9.17) is 19.2 Å². The Morgan fingerprint density at radius 1 is 1.26 bits per heavy atom. The molecule has 3 aromatic rings. The summed E-state index contributed by atoms with van der Waals surface area (Å²) in [6.45, 7) is 10.1. The summed E-state index contributed by atoms with van der Waals surface area (Å²) >= 11 is 0. The van der Waals surface area contributed by atoms with E-state index in [1.54, 1.807) is 31.7 Å². The van der Waals surface area contributed by atoms with Gasteiger partial charge in [-0.05, 0) is 43.5 Å². The number of aryl methyl sites for hydroxylation is 2. The number of hydrogen-bond donors (Lipinski definition) is 2. The highest BCUT2D eigenvalue weighted by Crippen LogP contribution is 2.27. The van der Waals surface area contributed by atoms with Crippen LogP contribution in [0, 0.1) is 12.8 Å². The Hall–Kier alpha value is -3.05. The average Bonchev–Trinajstić information content (AvgIpc) is 3.23. The summed E-state index contributed by atoms with van der Waals surface area (Å²) in [6.07, 6.45) is 0.775. The third-order valence-corrected chi connectivity index (χ3v) is 6.53. The Morgan fingerprint density at radius 2 is 2.05 bits per heavy atom. The van der Waals surface area contributed by atoms with Crippen LogP contribution >= 0.6 is 0 Å². The molecular weight excluding hydrogens is 488 g/mol. The highest BCUT2D eigenvalue weighted by Gasteiger charge is 2.25. The highest BCUT2D eigenvalue weighted by atomic mass is 16.6. The molecule has 2 N–H and O–H groups in total. The summed E-state index contributed by atoms with van der Waals surface area (Å²) in [7, 11) is 1.73.